The number of hydrogen-bond acceptors (Lipinski definition) is 1. The summed E-state index contributed by atoms with van der Waals surface area (Å²) in [5.74, 6) is 1.43. The molecule has 0 saturated heterocycles. The second kappa shape index (κ2) is 4.24. The van der Waals surface area contributed by atoms with Crippen molar-refractivity contribution in [3.8, 4) is 5.75 Å². The number of halogens is 1. The Kier molecular flexibility index (Phi) is 3.24. The van der Waals surface area contributed by atoms with Gasteiger partial charge in [-0.15, -0.1) is 11.6 Å². The third kappa shape index (κ3) is 2.81. The van der Waals surface area contributed by atoms with Crippen LogP contribution in [0.25, 0.3) is 0 Å². The Hall–Kier alpha value is -0.690. The van der Waals surface area contributed by atoms with Crippen LogP contribution in [-0.2, 0) is 0 Å². The Bertz CT molecular complexity index is 223. The van der Waals surface area contributed by atoms with Crippen LogP contribution in [-0.4, -0.2) is 12.5 Å². The normalized spacial score (nSPS) is 9.64. The molecule has 2 heteroatoms. The van der Waals surface area contributed by atoms with Crippen molar-refractivity contribution in [2.24, 2.45) is 0 Å². The summed E-state index contributed by atoms with van der Waals surface area (Å²) in [4.78, 5) is 0. The van der Waals surface area contributed by atoms with E-state index in [2.05, 4.69) is 0 Å². The molecule has 0 aliphatic carbocycles. The predicted octanol–water partition coefficient (Wildman–Crippen LogP) is 2.61. The average Bonchev–Trinajstić information content (AvgIpc) is 2.01. The van der Waals surface area contributed by atoms with Crippen molar-refractivity contribution in [2.45, 2.75) is 6.92 Å². The third-order valence-corrected chi connectivity index (χ3v) is 1.49. The molecule has 0 aliphatic heterocycles. The van der Waals surface area contributed by atoms with E-state index >= 15 is 0 Å². The fourth-order valence-corrected chi connectivity index (χ4v) is 0.939. The van der Waals surface area contributed by atoms with E-state index in [0.29, 0.717) is 12.5 Å². The molecule has 0 aliphatic rings. The average molecular weight is 171 g/mol. The molecule has 0 spiro atoms. The van der Waals surface area contributed by atoms with Gasteiger partial charge in [-0.3, -0.25) is 0 Å². The SMILES string of the molecule is Cc1cccc(OCCCl)c1. The molecule has 1 aromatic rings. The zero-order chi connectivity index (χ0) is 8.10. The molecule has 0 saturated carbocycles. The van der Waals surface area contributed by atoms with Crippen LogP contribution in [0.15, 0.2) is 24.3 Å². The van der Waals surface area contributed by atoms with E-state index in [0.717, 1.165) is 5.75 Å². The molecule has 0 radical (unpaired) electrons. The Morgan fingerprint density at radius 1 is 1.45 bits per heavy atom. The van der Waals surface area contributed by atoms with Gasteiger partial charge in [-0.05, 0) is 24.6 Å². The van der Waals surface area contributed by atoms with E-state index in [1.54, 1.807) is 0 Å². The summed E-state index contributed by atoms with van der Waals surface area (Å²) in [6, 6.07) is 7.93. The quantitative estimate of drug-likeness (QED) is 0.634. The lowest BCUT2D eigenvalue weighted by atomic mass is 10.2. The summed E-state index contributed by atoms with van der Waals surface area (Å²) in [5, 5.41) is 0. The first-order chi connectivity index (χ1) is 5.33. The van der Waals surface area contributed by atoms with E-state index < -0.39 is 0 Å². The molecular formula is C9H11ClO. The largest absolute Gasteiger partial charge is 0.492 e. The first-order valence-electron chi connectivity index (χ1n) is 3.58. The number of aryl methyl sites for hydroxylation is 1. The molecule has 0 atom stereocenters. The van der Waals surface area contributed by atoms with Crippen molar-refractivity contribution in [1.82, 2.24) is 0 Å². The number of hydrogen-bond donors (Lipinski definition) is 0. The van der Waals surface area contributed by atoms with Crippen molar-refractivity contribution in [1.29, 1.82) is 0 Å². The van der Waals surface area contributed by atoms with Gasteiger partial charge in [0.15, 0.2) is 0 Å². The standard InChI is InChI=1S/C9H11ClO/c1-8-3-2-4-9(7-8)11-6-5-10/h2-4,7H,5-6H2,1H3. The van der Waals surface area contributed by atoms with Gasteiger partial charge < -0.3 is 4.74 Å². The smallest absolute Gasteiger partial charge is 0.119 e. The molecule has 0 unspecified atom stereocenters. The van der Waals surface area contributed by atoms with Gasteiger partial charge in [0.05, 0.1) is 5.88 Å². The minimum Gasteiger partial charge on any atom is -0.492 e. The van der Waals surface area contributed by atoms with Crippen LogP contribution in [0.2, 0.25) is 0 Å². The zero-order valence-corrected chi connectivity index (χ0v) is 7.27. The van der Waals surface area contributed by atoms with Crippen molar-refractivity contribution in [2.75, 3.05) is 12.5 Å². The number of rotatable bonds is 3. The highest BCUT2D eigenvalue weighted by atomic mass is 35.5. The molecule has 1 nitrogen and oxygen atoms in total. The Morgan fingerprint density at radius 3 is 2.91 bits per heavy atom. The fourth-order valence-electron chi connectivity index (χ4n) is 0.862. The predicted molar refractivity (Wildman–Crippen MR) is 47.4 cm³/mol. The summed E-state index contributed by atoms with van der Waals surface area (Å²) >= 11 is 5.47. The fraction of sp³-hybridized carbons (Fsp3) is 0.333. The van der Waals surface area contributed by atoms with Gasteiger partial charge in [-0.1, -0.05) is 12.1 Å². The van der Waals surface area contributed by atoms with Gasteiger partial charge in [-0.25, -0.2) is 0 Å². The van der Waals surface area contributed by atoms with Crippen LogP contribution < -0.4 is 4.74 Å². The van der Waals surface area contributed by atoms with Crippen molar-refractivity contribution < 1.29 is 4.74 Å². The van der Waals surface area contributed by atoms with Gasteiger partial charge >= 0.3 is 0 Å². The van der Waals surface area contributed by atoms with Crippen LogP contribution in [0.1, 0.15) is 5.56 Å². The van der Waals surface area contributed by atoms with E-state index in [9.17, 15) is 0 Å². The van der Waals surface area contributed by atoms with Crippen LogP contribution in [0.4, 0.5) is 0 Å². The van der Waals surface area contributed by atoms with E-state index in [1.165, 1.54) is 5.56 Å². The summed E-state index contributed by atoms with van der Waals surface area (Å²) in [6.45, 7) is 2.61. The topological polar surface area (TPSA) is 9.23 Å². The highest BCUT2D eigenvalue weighted by Crippen LogP contribution is 2.11. The highest BCUT2D eigenvalue weighted by Gasteiger charge is 1.91. The molecule has 0 bridgehead atoms. The summed E-state index contributed by atoms with van der Waals surface area (Å²) in [6.07, 6.45) is 0. The molecular weight excluding hydrogens is 160 g/mol. The van der Waals surface area contributed by atoms with Gasteiger partial charge in [0, 0.05) is 0 Å². The van der Waals surface area contributed by atoms with Gasteiger partial charge in [0.25, 0.3) is 0 Å². The molecule has 11 heavy (non-hydrogen) atoms. The lowest BCUT2D eigenvalue weighted by Crippen LogP contribution is -1.97. The second-order valence-corrected chi connectivity index (χ2v) is 2.73. The number of ether oxygens (including phenoxy) is 1. The Morgan fingerprint density at radius 2 is 2.27 bits per heavy atom. The first kappa shape index (κ1) is 8.41. The maximum Gasteiger partial charge on any atom is 0.119 e. The van der Waals surface area contributed by atoms with Gasteiger partial charge in [0.2, 0.25) is 0 Å². The zero-order valence-electron chi connectivity index (χ0n) is 6.51. The van der Waals surface area contributed by atoms with Crippen LogP contribution >= 0.6 is 11.6 Å². The van der Waals surface area contributed by atoms with E-state index in [-0.39, 0.29) is 0 Å². The van der Waals surface area contributed by atoms with Crippen LogP contribution in [0.5, 0.6) is 5.75 Å². The molecule has 60 valence electrons. The number of benzene rings is 1. The van der Waals surface area contributed by atoms with Crippen molar-refractivity contribution in [3.63, 3.8) is 0 Å². The minimum absolute atomic E-state index is 0.536. The molecule has 0 amide bonds. The lowest BCUT2D eigenvalue weighted by molar-refractivity contribution is 0.342. The monoisotopic (exact) mass is 170 g/mol. The maximum atomic E-state index is 5.47. The lowest BCUT2D eigenvalue weighted by Gasteiger charge is -2.03. The molecule has 1 rings (SSSR count). The summed E-state index contributed by atoms with van der Waals surface area (Å²) in [7, 11) is 0. The van der Waals surface area contributed by atoms with Crippen molar-refractivity contribution >= 4 is 11.6 Å². The highest BCUT2D eigenvalue weighted by molar-refractivity contribution is 6.17. The third-order valence-electron chi connectivity index (χ3n) is 1.34. The Labute approximate surface area is 71.9 Å². The van der Waals surface area contributed by atoms with Gasteiger partial charge in [0.1, 0.15) is 12.4 Å². The van der Waals surface area contributed by atoms with E-state index in [4.69, 9.17) is 16.3 Å². The van der Waals surface area contributed by atoms with E-state index in [1.807, 2.05) is 31.2 Å². The summed E-state index contributed by atoms with van der Waals surface area (Å²) < 4.78 is 5.30. The molecule has 0 aromatic heterocycles. The Balaban J connectivity index is 2.56. The summed E-state index contributed by atoms with van der Waals surface area (Å²) in [5.41, 5.74) is 1.21. The van der Waals surface area contributed by atoms with Crippen molar-refractivity contribution in [3.05, 3.63) is 29.8 Å². The maximum absolute atomic E-state index is 5.47. The molecule has 1 aromatic carbocycles. The molecule has 0 N–H and O–H groups in total. The first-order valence-corrected chi connectivity index (χ1v) is 4.12. The number of alkyl halides is 1. The second-order valence-electron chi connectivity index (χ2n) is 2.35. The minimum atomic E-state index is 0.536. The van der Waals surface area contributed by atoms with Crippen LogP contribution in [0.3, 0.4) is 0 Å². The molecule has 0 heterocycles. The molecule has 0 fully saturated rings. The van der Waals surface area contributed by atoms with Gasteiger partial charge in [-0.2, -0.15) is 0 Å². The van der Waals surface area contributed by atoms with Crippen LogP contribution in [0, 0.1) is 6.92 Å².